The zero-order valence-corrected chi connectivity index (χ0v) is 32.7. The molecular formula is C39H48N6O9S. The molecule has 294 valence electrons. The van der Waals surface area contributed by atoms with Gasteiger partial charge in [0, 0.05) is 41.7 Å². The van der Waals surface area contributed by atoms with Crippen LogP contribution in [0.5, 0.6) is 11.5 Å². The molecule has 0 radical (unpaired) electrons. The molecule has 3 fully saturated rings. The molecule has 3 heterocycles. The second-order valence-electron chi connectivity index (χ2n) is 15.6. The molecule has 4 amide bonds. The third-order valence-electron chi connectivity index (χ3n) is 10.5. The number of fused-ring (bicyclic) bond motifs is 1. The van der Waals surface area contributed by atoms with E-state index in [2.05, 4.69) is 27.5 Å². The van der Waals surface area contributed by atoms with E-state index >= 15 is 0 Å². The van der Waals surface area contributed by atoms with Crippen LogP contribution in [0, 0.1) is 18.3 Å². The van der Waals surface area contributed by atoms with Crippen LogP contribution < -0.4 is 25.4 Å². The number of carbonyl (C=O) groups is 5. The third-order valence-corrected chi connectivity index (χ3v) is 11.3. The van der Waals surface area contributed by atoms with Crippen molar-refractivity contribution in [3.05, 3.63) is 41.8 Å². The second-order valence-corrected chi connectivity index (χ2v) is 16.4. The summed E-state index contributed by atoms with van der Waals surface area (Å²) in [6, 6.07) is 3.11. The van der Waals surface area contributed by atoms with Crippen molar-refractivity contribution in [2.45, 2.75) is 103 Å². The molecule has 6 rings (SSSR count). The average Bonchev–Trinajstić information content (AvgIpc) is 3.53. The lowest BCUT2D eigenvalue weighted by molar-refractivity contribution is -0.146. The van der Waals surface area contributed by atoms with Crippen molar-refractivity contribution in [2.24, 2.45) is 11.3 Å². The summed E-state index contributed by atoms with van der Waals surface area (Å²) in [4.78, 5) is 76.7. The Bertz CT molecular complexity index is 2020. The highest BCUT2D eigenvalue weighted by atomic mass is 32.1. The lowest BCUT2D eigenvalue weighted by Crippen LogP contribution is -2.59. The molecule has 4 N–H and O–H groups in total. The van der Waals surface area contributed by atoms with E-state index < -0.39 is 58.9 Å². The zero-order valence-electron chi connectivity index (χ0n) is 31.9. The highest BCUT2D eigenvalue weighted by Crippen LogP contribution is 2.45. The Balaban J connectivity index is 1.35. The van der Waals surface area contributed by atoms with Gasteiger partial charge in [0.15, 0.2) is 5.13 Å². The first-order valence-corrected chi connectivity index (χ1v) is 19.3. The van der Waals surface area contributed by atoms with Gasteiger partial charge in [-0.2, -0.15) is 0 Å². The van der Waals surface area contributed by atoms with Gasteiger partial charge in [-0.15, -0.1) is 17.9 Å². The number of carboxylic acid groups (broad SMARTS) is 1. The maximum atomic E-state index is 14.6. The molecule has 1 aliphatic heterocycles. The number of anilines is 1. The molecule has 0 spiro atoms. The summed E-state index contributed by atoms with van der Waals surface area (Å²) in [6.07, 6.45) is 3.43. The van der Waals surface area contributed by atoms with Gasteiger partial charge in [-0.25, -0.2) is 19.6 Å². The number of carboxylic acids is 1. The van der Waals surface area contributed by atoms with Gasteiger partial charge >= 0.3 is 12.1 Å². The normalized spacial score (nSPS) is 22.8. The van der Waals surface area contributed by atoms with Crippen LogP contribution in [0.15, 0.2) is 36.2 Å². The van der Waals surface area contributed by atoms with Crippen molar-refractivity contribution in [1.82, 2.24) is 25.5 Å². The summed E-state index contributed by atoms with van der Waals surface area (Å²) in [6.45, 7) is 12.3. The van der Waals surface area contributed by atoms with Crippen molar-refractivity contribution in [3.63, 3.8) is 0 Å². The summed E-state index contributed by atoms with van der Waals surface area (Å²) in [5, 5.41) is 21.1. The second kappa shape index (κ2) is 15.5. The van der Waals surface area contributed by atoms with Crippen LogP contribution in [0.1, 0.15) is 71.8 Å². The number of likely N-dealkylation sites (tertiary alicyclic amines) is 1. The number of benzene rings is 1. The summed E-state index contributed by atoms with van der Waals surface area (Å²) in [5.41, 5.74) is -0.0612. The SMILES string of the molecule is C=C[C@H]1C[C@@]1(NC(=O)[C@@H]1C[C@@H](Oc2cc(-c3csc(NC(C)=O)n3)nc3c(C)c(OC)ccc23)CN1C(=O)C(NC(=O)OC1CCCC1)C(C)(C)C)C(=O)O. The fourth-order valence-electron chi connectivity index (χ4n) is 7.43. The van der Waals surface area contributed by atoms with E-state index in [9.17, 15) is 29.1 Å². The van der Waals surface area contributed by atoms with Crippen LogP contribution in [0.4, 0.5) is 9.93 Å². The number of ether oxygens (including phenoxy) is 3. The van der Waals surface area contributed by atoms with Crippen molar-refractivity contribution in [3.8, 4) is 22.9 Å². The number of aliphatic carboxylic acids is 1. The van der Waals surface area contributed by atoms with Gasteiger partial charge in [0.05, 0.1) is 24.9 Å². The van der Waals surface area contributed by atoms with Crippen molar-refractivity contribution in [1.29, 1.82) is 0 Å². The van der Waals surface area contributed by atoms with Gasteiger partial charge in [-0.05, 0) is 56.6 Å². The van der Waals surface area contributed by atoms with Crippen molar-refractivity contribution >= 4 is 57.2 Å². The predicted octanol–water partition coefficient (Wildman–Crippen LogP) is 5.21. The largest absolute Gasteiger partial charge is 0.496 e. The number of rotatable bonds is 12. The fraction of sp³-hybridized carbons (Fsp3) is 0.513. The number of amides is 4. The number of aromatic nitrogens is 2. The molecule has 3 aliphatic rings. The molecule has 3 aromatic rings. The van der Waals surface area contributed by atoms with Gasteiger partial charge < -0.3 is 40.2 Å². The van der Waals surface area contributed by atoms with Gasteiger partial charge in [0.1, 0.15) is 47.0 Å². The van der Waals surface area contributed by atoms with E-state index in [0.29, 0.717) is 38.9 Å². The molecule has 1 aromatic carbocycles. The van der Waals surface area contributed by atoms with Crippen LogP contribution in [0.2, 0.25) is 0 Å². The van der Waals surface area contributed by atoms with E-state index in [1.165, 1.54) is 29.2 Å². The van der Waals surface area contributed by atoms with Crippen LogP contribution in [-0.4, -0.2) is 93.2 Å². The van der Waals surface area contributed by atoms with Crippen LogP contribution in [0.25, 0.3) is 22.3 Å². The Morgan fingerprint density at radius 1 is 1.09 bits per heavy atom. The summed E-state index contributed by atoms with van der Waals surface area (Å²) in [7, 11) is 1.56. The smallest absolute Gasteiger partial charge is 0.408 e. The van der Waals surface area contributed by atoms with E-state index in [0.717, 1.165) is 31.2 Å². The molecule has 5 atom stereocenters. The Hall–Kier alpha value is -5.25. The van der Waals surface area contributed by atoms with E-state index in [-0.39, 0.29) is 31.4 Å². The minimum absolute atomic E-state index is 0.0209. The Morgan fingerprint density at radius 3 is 2.44 bits per heavy atom. The number of thiazole rings is 1. The first kappa shape index (κ1) is 39.4. The lowest BCUT2D eigenvalue weighted by atomic mass is 9.85. The molecule has 2 saturated carbocycles. The standard InChI is InChI=1S/C39H48N6O9S/c1-8-22-17-39(22,35(49)50)44-33(47)28-15-24(18-45(28)34(48)32(38(4,5)6)43-37(51)54-23-11-9-10-12-23)53-30-16-26(27-19-55-36(42-27)40-21(3)46)41-31-20(2)29(52-7)14-13-25(30)31/h8,13-14,16,19,22-24,28,32H,1,9-12,15,17-18H2,2-7H3,(H,43,51)(H,44,47)(H,49,50)(H,40,42,46)/t22-,24+,28-,32?,39-/m0/s1. The van der Waals surface area contributed by atoms with Gasteiger partial charge in [0.25, 0.3) is 0 Å². The number of pyridine rings is 1. The Labute approximate surface area is 323 Å². The first-order chi connectivity index (χ1) is 26.0. The number of alkyl carbamates (subject to hydrolysis) is 1. The maximum Gasteiger partial charge on any atom is 0.408 e. The highest BCUT2D eigenvalue weighted by Gasteiger charge is 2.61. The lowest BCUT2D eigenvalue weighted by Gasteiger charge is -2.35. The molecule has 16 heteroatoms. The molecule has 1 saturated heterocycles. The quantitative estimate of drug-likeness (QED) is 0.176. The van der Waals surface area contributed by atoms with Gasteiger partial charge in [0.2, 0.25) is 17.7 Å². The summed E-state index contributed by atoms with van der Waals surface area (Å²) >= 11 is 1.24. The molecule has 2 aliphatic carbocycles. The Morgan fingerprint density at radius 2 is 1.82 bits per heavy atom. The number of hydrogen-bond acceptors (Lipinski definition) is 11. The maximum absolute atomic E-state index is 14.6. The topological polar surface area (TPSA) is 198 Å². The van der Waals surface area contributed by atoms with Crippen molar-refractivity contribution < 1.29 is 43.3 Å². The number of aryl methyl sites for hydroxylation is 1. The summed E-state index contributed by atoms with van der Waals surface area (Å²) in [5.74, 6) is -2.10. The monoisotopic (exact) mass is 776 g/mol. The molecular weight excluding hydrogens is 729 g/mol. The highest BCUT2D eigenvalue weighted by molar-refractivity contribution is 7.14. The first-order valence-electron chi connectivity index (χ1n) is 18.4. The van der Waals surface area contributed by atoms with Gasteiger partial charge in [-0.1, -0.05) is 26.8 Å². The molecule has 0 bridgehead atoms. The number of carbonyl (C=O) groups excluding carboxylic acids is 4. The average molecular weight is 777 g/mol. The Kier molecular flexibility index (Phi) is 11.1. The van der Waals surface area contributed by atoms with E-state index in [1.54, 1.807) is 45.4 Å². The summed E-state index contributed by atoms with van der Waals surface area (Å²) < 4.78 is 17.9. The molecule has 55 heavy (non-hydrogen) atoms. The van der Waals surface area contributed by atoms with Crippen LogP contribution >= 0.6 is 11.3 Å². The number of nitrogens with one attached hydrogen (secondary N) is 3. The van der Waals surface area contributed by atoms with Crippen LogP contribution in [-0.2, 0) is 23.9 Å². The predicted molar refractivity (Wildman–Crippen MR) is 205 cm³/mol. The molecule has 2 aromatic heterocycles. The van der Waals surface area contributed by atoms with E-state index in [1.807, 2.05) is 13.0 Å². The number of nitrogens with zero attached hydrogens (tertiary/aromatic N) is 3. The fourth-order valence-corrected chi connectivity index (χ4v) is 8.18. The molecule has 1 unspecified atom stereocenters. The number of methoxy groups -OCH3 is 1. The van der Waals surface area contributed by atoms with Gasteiger partial charge in [-0.3, -0.25) is 14.4 Å². The minimum Gasteiger partial charge on any atom is -0.496 e. The van der Waals surface area contributed by atoms with Crippen LogP contribution in [0.3, 0.4) is 0 Å². The zero-order chi connectivity index (χ0) is 39.8. The number of hydrogen-bond donors (Lipinski definition) is 4. The van der Waals surface area contributed by atoms with Crippen molar-refractivity contribution in [2.75, 3.05) is 19.0 Å². The van der Waals surface area contributed by atoms with E-state index in [4.69, 9.17) is 19.2 Å². The minimum atomic E-state index is -1.53. The third kappa shape index (κ3) is 8.23. The molecule has 15 nitrogen and oxygen atoms in total.